The molecule has 0 radical (unpaired) electrons. The topological polar surface area (TPSA) is 64.6 Å². The quantitative estimate of drug-likeness (QED) is 0.400. The Morgan fingerprint density at radius 2 is 1.52 bits per heavy atom. The first kappa shape index (κ1) is 23.9. The molecular formula is C18H35NO4. The fourth-order valence-corrected chi connectivity index (χ4v) is 1.68. The van der Waals surface area contributed by atoms with Crippen LogP contribution in [0, 0.1) is 17.8 Å². The highest BCUT2D eigenvalue weighted by atomic mass is 16.5. The molecule has 1 N–H and O–H groups in total. The number of carbonyl (C=O) groups is 2. The summed E-state index contributed by atoms with van der Waals surface area (Å²) in [5.41, 5.74) is 0. The first-order chi connectivity index (χ1) is 10.7. The Balaban J connectivity index is 0. The van der Waals surface area contributed by atoms with Crippen molar-refractivity contribution >= 4 is 11.9 Å². The van der Waals surface area contributed by atoms with Crippen LogP contribution in [0.4, 0.5) is 0 Å². The Bertz CT molecular complexity index is 340. The Kier molecular flexibility index (Phi) is 14.8. The molecule has 2 unspecified atom stereocenters. The molecule has 0 aliphatic heterocycles. The van der Waals surface area contributed by atoms with E-state index >= 15 is 0 Å². The minimum Gasteiger partial charge on any atom is -0.469 e. The van der Waals surface area contributed by atoms with Gasteiger partial charge in [0.15, 0.2) is 0 Å². The maximum Gasteiger partial charge on any atom is 0.323 e. The molecule has 0 spiro atoms. The first-order valence-electron chi connectivity index (χ1n) is 8.22. The van der Waals surface area contributed by atoms with Crippen LogP contribution in [0.5, 0.6) is 0 Å². The molecule has 136 valence electrons. The average Bonchev–Trinajstić information content (AvgIpc) is 2.52. The lowest BCUT2D eigenvalue weighted by atomic mass is 9.99. The van der Waals surface area contributed by atoms with Crippen molar-refractivity contribution in [3.63, 3.8) is 0 Å². The lowest BCUT2D eigenvalue weighted by molar-refractivity contribution is -0.146. The van der Waals surface area contributed by atoms with Crippen molar-refractivity contribution < 1.29 is 19.1 Å². The number of esters is 2. The van der Waals surface area contributed by atoms with Crippen molar-refractivity contribution in [1.82, 2.24) is 5.32 Å². The molecule has 0 amide bonds. The second-order valence-corrected chi connectivity index (χ2v) is 6.19. The van der Waals surface area contributed by atoms with Gasteiger partial charge in [-0.3, -0.25) is 9.59 Å². The van der Waals surface area contributed by atoms with E-state index in [4.69, 9.17) is 4.74 Å². The number of ether oxygens (including phenoxy) is 2. The molecule has 0 heterocycles. The smallest absolute Gasteiger partial charge is 0.323 e. The molecule has 0 rings (SSSR count). The number of allylic oxidation sites excluding steroid dienone is 1. The third-order valence-electron chi connectivity index (χ3n) is 3.64. The van der Waals surface area contributed by atoms with E-state index in [1.165, 1.54) is 14.2 Å². The molecule has 0 saturated carbocycles. The highest BCUT2D eigenvalue weighted by Gasteiger charge is 2.21. The molecule has 0 saturated heterocycles. The Hall–Kier alpha value is -1.36. The van der Waals surface area contributed by atoms with Crippen molar-refractivity contribution in [2.45, 2.75) is 53.5 Å². The largest absolute Gasteiger partial charge is 0.469 e. The van der Waals surface area contributed by atoms with Gasteiger partial charge in [0.1, 0.15) is 6.04 Å². The Morgan fingerprint density at radius 3 is 1.83 bits per heavy atom. The Labute approximate surface area is 141 Å². The van der Waals surface area contributed by atoms with E-state index in [-0.39, 0.29) is 29.8 Å². The van der Waals surface area contributed by atoms with E-state index in [2.05, 4.69) is 16.6 Å². The molecule has 2 atom stereocenters. The van der Waals surface area contributed by atoms with Crippen molar-refractivity contribution in [3.8, 4) is 0 Å². The third-order valence-corrected chi connectivity index (χ3v) is 3.64. The molecule has 0 aromatic rings. The molecular weight excluding hydrogens is 294 g/mol. The number of methoxy groups -OCH3 is 2. The number of hydrogen-bond acceptors (Lipinski definition) is 5. The maximum atomic E-state index is 11.3. The van der Waals surface area contributed by atoms with Crippen LogP contribution < -0.4 is 5.32 Å². The molecule has 5 nitrogen and oxygen atoms in total. The summed E-state index contributed by atoms with van der Waals surface area (Å²) in [7, 11) is 2.84. The van der Waals surface area contributed by atoms with Crippen molar-refractivity contribution in [1.29, 1.82) is 0 Å². The van der Waals surface area contributed by atoms with Gasteiger partial charge in [0.25, 0.3) is 0 Å². The predicted molar refractivity (Wildman–Crippen MR) is 94.1 cm³/mol. The molecule has 0 aliphatic carbocycles. The summed E-state index contributed by atoms with van der Waals surface area (Å²) < 4.78 is 9.24. The maximum absolute atomic E-state index is 11.3. The van der Waals surface area contributed by atoms with E-state index in [9.17, 15) is 9.59 Å². The van der Waals surface area contributed by atoms with Gasteiger partial charge in [-0.1, -0.05) is 40.7 Å². The van der Waals surface area contributed by atoms with Gasteiger partial charge >= 0.3 is 11.9 Å². The summed E-state index contributed by atoms with van der Waals surface area (Å²) in [5, 5.41) is 3.18. The van der Waals surface area contributed by atoms with E-state index in [0.717, 1.165) is 19.4 Å². The van der Waals surface area contributed by atoms with Gasteiger partial charge in [-0.2, -0.15) is 0 Å². The normalized spacial score (nSPS) is 12.9. The number of rotatable bonds is 9. The zero-order valence-corrected chi connectivity index (χ0v) is 15.8. The highest BCUT2D eigenvalue weighted by molar-refractivity contribution is 5.75. The molecule has 0 aliphatic rings. The van der Waals surface area contributed by atoms with Crippen LogP contribution in [0.1, 0.15) is 47.5 Å². The fourth-order valence-electron chi connectivity index (χ4n) is 1.68. The van der Waals surface area contributed by atoms with Crippen LogP contribution >= 0.6 is 0 Å². The lowest BCUT2D eigenvalue weighted by Crippen LogP contribution is -2.42. The van der Waals surface area contributed by atoms with E-state index in [0.29, 0.717) is 5.92 Å². The molecule has 0 aromatic carbocycles. The van der Waals surface area contributed by atoms with Crippen molar-refractivity contribution in [2.24, 2.45) is 17.8 Å². The zero-order chi connectivity index (χ0) is 18.4. The van der Waals surface area contributed by atoms with E-state index in [1.807, 2.05) is 40.7 Å². The summed E-state index contributed by atoms with van der Waals surface area (Å²) in [6, 6.07) is -0.190. The van der Waals surface area contributed by atoms with Gasteiger partial charge in [0.2, 0.25) is 0 Å². The van der Waals surface area contributed by atoms with Crippen LogP contribution in [-0.2, 0) is 19.1 Å². The summed E-state index contributed by atoms with van der Waals surface area (Å²) in [6.45, 7) is 14.3. The lowest BCUT2D eigenvalue weighted by Gasteiger charge is -2.19. The van der Waals surface area contributed by atoms with Crippen molar-refractivity contribution in [3.05, 3.63) is 12.7 Å². The second kappa shape index (κ2) is 14.2. The van der Waals surface area contributed by atoms with Crippen LogP contribution in [-0.4, -0.2) is 38.7 Å². The number of carbonyl (C=O) groups excluding carboxylic acids is 2. The molecule has 5 heteroatoms. The fraction of sp³-hybridized carbons (Fsp3) is 0.778. The van der Waals surface area contributed by atoms with Gasteiger partial charge in [-0.25, -0.2) is 0 Å². The number of unbranched alkanes of at least 4 members (excludes halogenated alkanes) is 1. The van der Waals surface area contributed by atoms with Crippen LogP contribution in [0.15, 0.2) is 12.7 Å². The molecule has 23 heavy (non-hydrogen) atoms. The summed E-state index contributed by atoms with van der Waals surface area (Å²) in [5.74, 6) is 0.349. The zero-order valence-electron chi connectivity index (χ0n) is 15.8. The van der Waals surface area contributed by atoms with Crippen LogP contribution in [0.3, 0.4) is 0 Å². The second-order valence-electron chi connectivity index (χ2n) is 6.19. The monoisotopic (exact) mass is 329 g/mol. The summed E-state index contributed by atoms with van der Waals surface area (Å²) in [6.07, 6.45) is 3.85. The van der Waals surface area contributed by atoms with Gasteiger partial charge in [0.05, 0.1) is 20.1 Å². The molecule has 0 fully saturated rings. The minimum atomic E-state index is -0.190. The van der Waals surface area contributed by atoms with E-state index < -0.39 is 0 Å². The van der Waals surface area contributed by atoms with Gasteiger partial charge < -0.3 is 14.8 Å². The van der Waals surface area contributed by atoms with E-state index in [1.54, 1.807) is 0 Å². The predicted octanol–water partition coefficient (Wildman–Crippen LogP) is 3.19. The first-order valence-corrected chi connectivity index (χ1v) is 8.22. The molecule has 0 bridgehead atoms. The van der Waals surface area contributed by atoms with Gasteiger partial charge in [0, 0.05) is 0 Å². The number of nitrogens with one attached hydrogen (secondary N) is 1. The standard InChI is InChI=1S/C11H21NO2.C7H14O2/c1-5-6-7-8-12-10(9(2)3)11(13)14-4;1-5(2)6(3)7(8)9-4/h5,9-10,12H,1,6-8H2,2-4H3;5-6H,1-4H3. The average molecular weight is 329 g/mol. The van der Waals surface area contributed by atoms with Crippen LogP contribution in [0.25, 0.3) is 0 Å². The van der Waals surface area contributed by atoms with Crippen molar-refractivity contribution in [2.75, 3.05) is 20.8 Å². The number of hydrogen-bond donors (Lipinski definition) is 1. The SMILES string of the molecule is C=CCCCNC(C(=O)OC)C(C)C.COC(=O)C(C)C(C)C. The highest BCUT2D eigenvalue weighted by Crippen LogP contribution is 2.10. The molecule has 0 aromatic heterocycles. The summed E-state index contributed by atoms with van der Waals surface area (Å²) in [4.78, 5) is 22.0. The summed E-state index contributed by atoms with van der Waals surface area (Å²) >= 11 is 0. The minimum absolute atomic E-state index is 0.0231. The van der Waals surface area contributed by atoms with Crippen LogP contribution in [0.2, 0.25) is 0 Å². The van der Waals surface area contributed by atoms with Gasteiger partial charge in [-0.15, -0.1) is 6.58 Å². The third kappa shape index (κ3) is 11.8. The Morgan fingerprint density at radius 1 is 1.00 bits per heavy atom. The van der Waals surface area contributed by atoms with Gasteiger partial charge in [-0.05, 0) is 31.2 Å².